The van der Waals surface area contributed by atoms with Crippen molar-refractivity contribution in [3.8, 4) is 11.5 Å². The van der Waals surface area contributed by atoms with Gasteiger partial charge in [-0.25, -0.2) is 0 Å². The lowest BCUT2D eigenvalue weighted by atomic mass is 9.82. The highest BCUT2D eigenvalue weighted by atomic mass is 16.5. The Morgan fingerprint density at radius 2 is 1.80 bits per heavy atom. The van der Waals surface area contributed by atoms with Crippen molar-refractivity contribution in [3.05, 3.63) is 35.9 Å². The number of rotatable bonds is 7. The summed E-state index contributed by atoms with van der Waals surface area (Å²) in [4.78, 5) is 23.9. The summed E-state index contributed by atoms with van der Waals surface area (Å²) < 4.78 is 10.5. The molecule has 1 N–H and O–H groups in total. The summed E-state index contributed by atoms with van der Waals surface area (Å²) in [6.45, 7) is 0.436. The van der Waals surface area contributed by atoms with Gasteiger partial charge in [0.15, 0.2) is 11.5 Å². The molecule has 0 radical (unpaired) electrons. The molecule has 6 nitrogen and oxygen atoms in total. The maximum Gasteiger partial charge on any atom is 0.224 e. The number of carboxylic acids is 1. The van der Waals surface area contributed by atoms with Crippen molar-refractivity contribution in [1.29, 1.82) is 0 Å². The molecular formula is C19H22NO5-. The number of benzene rings is 1. The van der Waals surface area contributed by atoms with Gasteiger partial charge in [0.05, 0.1) is 20.1 Å². The normalized spacial score (nSPS) is 26.5. The first-order valence-electron chi connectivity index (χ1n) is 8.43. The lowest BCUT2D eigenvalue weighted by molar-refractivity contribution is -0.313. The molecule has 1 aromatic carbocycles. The molecule has 0 heterocycles. The first-order valence-corrected chi connectivity index (χ1v) is 8.43. The monoisotopic (exact) mass is 344 g/mol. The van der Waals surface area contributed by atoms with Gasteiger partial charge in [0.25, 0.3) is 0 Å². The Kier molecular flexibility index (Phi) is 4.97. The van der Waals surface area contributed by atoms with Crippen LogP contribution in [0.25, 0.3) is 0 Å². The van der Waals surface area contributed by atoms with E-state index in [1.54, 1.807) is 14.2 Å². The highest BCUT2D eigenvalue weighted by Gasteiger charge is 2.48. The van der Waals surface area contributed by atoms with Crippen LogP contribution in [0.2, 0.25) is 0 Å². The Balaban J connectivity index is 1.58. The second-order valence-corrected chi connectivity index (χ2v) is 6.55. The van der Waals surface area contributed by atoms with Crippen LogP contribution in [0, 0.1) is 23.7 Å². The SMILES string of the molecule is COc1ccc(CCNC(=O)[C@@H]2[C@@H](C(=O)[O-])[C@H]3C=C[C@H]2C3)cc1OC. The number of allylic oxidation sites excluding steroid dienone is 2. The average Bonchev–Trinajstić information content (AvgIpc) is 3.22. The maximum atomic E-state index is 12.5. The van der Waals surface area contributed by atoms with Gasteiger partial charge in [0.1, 0.15) is 0 Å². The number of amides is 1. The van der Waals surface area contributed by atoms with E-state index in [-0.39, 0.29) is 17.7 Å². The Morgan fingerprint density at radius 3 is 2.44 bits per heavy atom. The number of fused-ring (bicyclic) bond motifs is 2. The maximum absolute atomic E-state index is 12.5. The summed E-state index contributed by atoms with van der Waals surface area (Å²) in [5, 5.41) is 14.3. The summed E-state index contributed by atoms with van der Waals surface area (Å²) in [6.07, 6.45) is 5.21. The van der Waals surface area contributed by atoms with Gasteiger partial charge in [-0.05, 0) is 42.4 Å². The minimum atomic E-state index is -1.13. The zero-order valence-electron chi connectivity index (χ0n) is 14.4. The van der Waals surface area contributed by atoms with Gasteiger partial charge in [-0.3, -0.25) is 4.79 Å². The van der Waals surface area contributed by atoms with Crippen LogP contribution in [0.15, 0.2) is 30.4 Å². The van der Waals surface area contributed by atoms with E-state index < -0.39 is 17.8 Å². The number of carbonyl (C=O) groups excluding carboxylic acids is 2. The van der Waals surface area contributed by atoms with Crippen molar-refractivity contribution in [3.63, 3.8) is 0 Å². The molecule has 2 aliphatic rings. The number of carbonyl (C=O) groups is 2. The zero-order valence-corrected chi connectivity index (χ0v) is 14.4. The van der Waals surface area contributed by atoms with Crippen molar-refractivity contribution >= 4 is 11.9 Å². The summed E-state index contributed by atoms with van der Waals surface area (Å²) in [6, 6.07) is 5.61. The van der Waals surface area contributed by atoms with Crippen LogP contribution in [0.3, 0.4) is 0 Å². The molecule has 0 aromatic heterocycles. The van der Waals surface area contributed by atoms with Crippen molar-refractivity contribution in [1.82, 2.24) is 5.32 Å². The Bertz CT molecular complexity index is 699. The fourth-order valence-electron chi connectivity index (χ4n) is 3.99. The number of hydrogen-bond donors (Lipinski definition) is 1. The van der Waals surface area contributed by atoms with Crippen molar-refractivity contribution in [2.24, 2.45) is 23.7 Å². The molecule has 1 saturated carbocycles. The predicted octanol–water partition coefficient (Wildman–Crippen LogP) is 0.551. The van der Waals surface area contributed by atoms with Crippen LogP contribution >= 0.6 is 0 Å². The fraction of sp³-hybridized carbons (Fsp3) is 0.474. The fourth-order valence-corrected chi connectivity index (χ4v) is 3.99. The number of aliphatic carboxylic acids is 1. The van der Waals surface area contributed by atoms with Crippen molar-refractivity contribution < 1.29 is 24.2 Å². The second kappa shape index (κ2) is 7.17. The molecular weight excluding hydrogens is 322 g/mol. The van der Waals surface area contributed by atoms with Crippen LogP contribution in [0.1, 0.15) is 12.0 Å². The van der Waals surface area contributed by atoms with E-state index in [9.17, 15) is 14.7 Å². The third-order valence-electron chi connectivity index (χ3n) is 5.20. The van der Waals surface area contributed by atoms with Gasteiger partial charge >= 0.3 is 0 Å². The molecule has 0 saturated heterocycles. The number of nitrogens with one attached hydrogen (secondary N) is 1. The standard InChI is InChI=1S/C19H23NO5/c1-24-14-6-3-11(9-15(14)25-2)7-8-20-18(21)16-12-4-5-13(10-12)17(16)19(22)23/h3-6,9,12-13,16-17H,7-8,10H2,1-2H3,(H,20,21)(H,22,23)/p-1/t12-,13-,16-,17-/m0/s1. The van der Waals surface area contributed by atoms with E-state index in [1.807, 2.05) is 30.4 Å². The van der Waals surface area contributed by atoms with Crippen LogP contribution in [-0.2, 0) is 16.0 Å². The topological polar surface area (TPSA) is 87.7 Å². The molecule has 2 bridgehead atoms. The molecule has 1 amide bonds. The first-order chi connectivity index (χ1) is 12.0. The number of methoxy groups -OCH3 is 2. The minimum absolute atomic E-state index is 0.00832. The zero-order chi connectivity index (χ0) is 18.0. The van der Waals surface area contributed by atoms with E-state index in [0.29, 0.717) is 24.5 Å². The van der Waals surface area contributed by atoms with Crippen LogP contribution in [0.4, 0.5) is 0 Å². The Labute approximate surface area is 146 Å². The van der Waals surface area contributed by atoms with Gasteiger partial charge in [0, 0.05) is 18.4 Å². The molecule has 134 valence electrons. The molecule has 0 aliphatic heterocycles. The van der Waals surface area contributed by atoms with E-state index in [1.165, 1.54) is 0 Å². The van der Waals surface area contributed by atoms with Gasteiger partial charge in [0.2, 0.25) is 5.91 Å². The van der Waals surface area contributed by atoms with Gasteiger partial charge < -0.3 is 24.7 Å². The summed E-state index contributed by atoms with van der Waals surface area (Å²) in [5.41, 5.74) is 1.00. The van der Waals surface area contributed by atoms with Crippen LogP contribution < -0.4 is 19.9 Å². The minimum Gasteiger partial charge on any atom is -0.550 e. The van der Waals surface area contributed by atoms with Gasteiger partial charge in [-0.1, -0.05) is 18.2 Å². The van der Waals surface area contributed by atoms with E-state index >= 15 is 0 Å². The number of ether oxygens (including phenoxy) is 2. The molecule has 0 unspecified atom stereocenters. The quantitative estimate of drug-likeness (QED) is 0.730. The van der Waals surface area contributed by atoms with Gasteiger partial charge in [-0.2, -0.15) is 0 Å². The molecule has 1 fully saturated rings. The molecule has 6 heteroatoms. The lowest BCUT2D eigenvalue weighted by Gasteiger charge is -2.27. The number of hydrogen-bond acceptors (Lipinski definition) is 5. The van der Waals surface area contributed by atoms with E-state index in [0.717, 1.165) is 12.0 Å². The Hall–Kier alpha value is -2.50. The average molecular weight is 344 g/mol. The third kappa shape index (κ3) is 3.34. The van der Waals surface area contributed by atoms with E-state index in [4.69, 9.17) is 9.47 Å². The summed E-state index contributed by atoms with van der Waals surface area (Å²) >= 11 is 0. The van der Waals surface area contributed by atoms with E-state index in [2.05, 4.69) is 5.32 Å². The molecule has 1 aromatic rings. The molecule has 25 heavy (non-hydrogen) atoms. The highest BCUT2D eigenvalue weighted by molar-refractivity contribution is 5.86. The van der Waals surface area contributed by atoms with Crippen LogP contribution in [0.5, 0.6) is 11.5 Å². The van der Waals surface area contributed by atoms with Crippen molar-refractivity contribution in [2.45, 2.75) is 12.8 Å². The van der Waals surface area contributed by atoms with Crippen molar-refractivity contribution in [2.75, 3.05) is 20.8 Å². The molecule has 3 rings (SSSR count). The first kappa shape index (κ1) is 17.3. The summed E-state index contributed by atoms with van der Waals surface area (Å²) in [7, 11) is 3.15. The molecule has 2 aliphatic carbocycles. The second-order valence-electron chi connectivity index (χ2n) is 6.55. The highest BCUT2D eigenvalue weighted by Crippen LogP contribution is 2.47. The smallest absolute Gasteiger partial charge is 0.224 e. The predicted molar refractivity (Wildman–Crippen MR) is 89.0 cm³/mol. The summed E-state index contributed by atoms with van der Waals surface area (Å²) in [5.74, 6) is -1.34. The molecule has 0 spiro atoms. The van der Waals surface area contributed by atoms with Crippen LogP contribution in [-0.4, -0.2) is 32.6 Å². The largest absolute Gasteiger partial charge is 0.550 e. The van der Waals surface area contributed by atoms with Gasteiger partial charge in [-0.15, -0.1) is 0 Å². The molecule has 4 atom stereocenters. The lowest BCUT2D eigenvalue weighted by Crippen LogP contribution is -2.45. The number of carboxylic acid groups (broad SMARTS) is 1. The Morgan fingerprint density at radius 1 is 1.12 bits per heavy atom. The third-order valence-corrected chi connectivity index (χ3v) is 5.20.